The van der Waals surface area contributed by atoms with E-state index in [0.29, 0.717) is 5.02 Å². The number of rotatable bonds is 7. The van der Waals surface area contributed by atoms with Crippen LogP contribution in [-0.2, 0) is 6.54 Å². The van der Waals surface area contributed by atoms with Gasteiger partial charge in [-0.25, -0.2) is 0 Å². The maximum atomic E-state index is 10.4. The molecule has 0 radical (unpaired) electrons. The van der Waals surface area contributed by atoms with E-state index in [1.165, 1.54) is 25.7 Å². The maximum Gasteiger partial charge on any atom is 0.0971 e. The van der Waals surface area contributed by atoms with Crippen LogP contribution in [0, 0.1) is 5.92 Å². The summed E-state index contributed by atoms with van der Waals surface area (Å²) in [6.45, 7) is 1.65. The summed E-state index contributed by atoms with van der Waals surface area (Å²) in [7, 11) is 4.06. The van der Waals surface area contributed by atoms with E-state index in [2.05, 4.69) is 10.00 Å². The van der Waals surface area contributed by atoms with E-state index in [4.69, 9.17) is 11.6 Å². The van der Waals surface area contributed by atoms with Gasteiger partial charge in [0.05, 0.1) is 29.6 Å². The molecule has 4 nitrogen and oxygen atoms in total. The lowest BCUT2D eigenvalue weighted by Gasteiger charge is -2.17. The maximum absolute atomic E-state index is 10.4. The highest BCUT2D eigenvalue weighted by Gasteiger charge is 2.21. The highest BCUT2D eigenvalue weighted by molar-refractivity contribution is 6.31. The molecule has 20 heavy (non-hydrogen) atoms. The summed E-state index contributed by atoms with van der Waals surface area (Å²) < 4.78 is 1.85. The summed E-state index contributed by atoms with van der Waals surface area (Å²) >= 11 is 6.19. The SMILES string of the molecule is CN(C)CCn1ncc(Cl)c1C(O)CCC1CCCC1. The number of aromatic nitrogens is 2. The first-order chi connectivity index (χ1) is 9.58. The second-order valence-corrected chi connectivity index (χ2v) is 6.55. The van der Waals surface area contributed by atoms with Crippen LogP contribution < -0.4 is 0 Å². The Labute approximate surface area is 126 Å². The fourth-order valence-electron chi connectivity index (χ4n) is 3.01. The molecule has 0 spiro atoms. The van der Waals surface area contributed by atoms with Crippen molar-refractivity contribution in [1.82, 2.24) is 14.7 Å². The van der Waals surface area contributed by atoms with Crippen molar-refractivity contribution in [2.24, 2.45) is 5.92 Å². The van der Waals surface area contributed by atoms with Crippen molar-refractivity contribution in [3.05, 3.63) is 16.9 Å². The van der Waals surface area contributed by atoms with E-state index in [1.807, 2.05) is 18.8 Å². The van der Waals surface area contributed by atoms with Crippen LogP contribution >= 0.6 is 11.6 Å². The van der Waals surface area contributed by atoms with E-state index < -0.39 is 6.10 Å². The lowest BCUT2D eigenvalue weighted by Crippen LogP contribution is -2.21. The lowest BCUT2D eigenvalue weighted by atomic mass is 9.98. The molecule has 1 saturated carbocycles. The second kappa shape index (κ2) is 7.43. The minimum atomic E-state index is -0.493. The van der Waals surface area contributed by atoms with Crippen molar-refractivity contribution < 1.29 is 5.11 Å². The Hall–Kier alpha value is -0.580. The fourth-order valence-corrected chi connectivity index (χ4v) is 3.27. The van der Waals surface area contributed by atoms with Crippen molar-refractivity contribution in [2.75, 3.05) is 20.6 Å². The first-order valence-corrected chi connectivity index (χ1v) is 7.99. The molecule has 0 aliphatic heterocycles. The van der Waals surface area contributed by atoms with Gasteiger partial charge in [0.15, 0.2) is 0 Å². The second-order valence-electron chi connectivity index (χ2n) is 6.15. The molecule has 0 amide bonds. The molecular weight excluding hydrogens is 274 g/mol. The number of hydrogen-bond acceptors (Lipinski definition) is 3. The molecule has 1 unspecified atom stereocenters. The molecule has 1 aromatic rings. The minimum absolute atomic E-state index is 0.493. The quantitative estimate of drug-likeness (QED) is 0.841. The van der Waals surface area contributed by atoms with E-state index in [9.17, 15) is 5.11 Å². The van der Waals surface area contributed by atoms with E-state index in [0.717, 1.165) is 37.5 Å². The largest absolute Gasteiger partial charge is 0.387 e. The lowest BCUT2D eigenvalue weighted by molar-refractivity contribution is 0.145. The van der Waals surface area contributed by atoms with Gasteiger partial charge in [0.1, 0.15) is 0 Å². The summed E-state index contributed by atoms with van der Waals surface area (Å²) in [5.74, 6) is 0.793. The predicted octanol–water partition coefficient (Wildman–Crippen LogP) is 3.10. The summed E-state index contributed by atoms with van der Waals surface area (Å²) in [6, 6.07) is 0. The van der Waals surface area contributed by atoms with Gasteiger partial charge >= 0.3 is 0 Å². The van der Waals surface area contributed by atoms with Gasteiger partial charge in [0.2, 0.25) is 0 Å². The molecule has 1 N–H and O–H groups in total. The highest BCUT2D eigenvalue weighted by Crippen LogP contribution is 2.33. The molecule has 1 aliphatic carbocycles. The van der Waals surface area contributed by atoms with Gasteiger partial charge < -0.3 is 10.0 Å². The zero-order valence-electron chi connectivity index (χ0n) is 12.6. The van der Waals surface area contributed by atoms with E-state index >= 15 is 0 Å². The molecule has 114 valence electrons. The average Bonchev–Trinajstić information content (AvgIpc) is 3.03. The molecule has 1 aromatic heterocycles. The van der Waals surface area contributed by atoms with Gasteiger partial charge in [-0.2, -0.15) is 5.10 Å². The third kappa shape index (κ3) is 4.21. The number of likely N-dealkylation sites (N-methyl/N-ethyl adjacent to an activating group) is 1. The molecular formula is C15H26ClN3O. The van der Waals surface area contributed by atoms with Crippen molar-refractivity contribution >= 4 is 11.6 Å². The summed E-state index contributed by atoms with van der Waals surface area (Å²) in [4.78, 5) is 2.10. The third-order valence-electron chi connectivity index (χ3n) is 4.23. The van der Waals surface area contributed by atoms with Gasteiger partial charge in [0.25, 0.3) is 0 Å². The smallest absolute Gasteiger partial charge is 0.0971 e. The Balaban J connectivity index is 1.93. The minimum Gasteiger partial charge on any atom is -0.387 e. The molecule has 1 atom stereocenters. The zero-order valence-corrected chi connectivity index (χ0v) is 13.3. The monoisotopic (exact) mass is 299 g/mol. The van der Waals surface area contributed by atoms with E-state index in [1.54, 1.807) is 6.20 Å². The van der Waals surface area contributed by atoms with E-state index in [-0.39, 0.29) is 0 Å². The molecule has 0 aromatic carbocycles. The number of aliphatic hydroxyl groups excluding tert-OH is 1. The molecule has 0 saturated heterocycles. The molecule has 5 heteroatoms. The normalized spacial score (nSPS) is 18.1. The van der Waals surface area contributed by atoms with Gasteiger partial charge in [0, 0.05) is 6.54 Å². The fraction of sp³-hybridized carbons (Fsp3) is 0.800. The highest BCUT2D eigenvalue weighted by atomic mass is 35.5. The third-order valence-corrected chi connectivity index (χ3v) is 4.52. The van der Waals surface area contributed by atoms with Crippen LogP contribution in [-0.4, -0.2) is 40.4 Å². The molecule has 1 heterocycles. The Bertz CT molecular complexity index is 413. The Kier molecular flexibility index (Phi) is 5.87. The number of aliphatic hydroxyl groups is 1. The first kappa shape index (κ1) is 15.8. The number of nitrogens with zero attached hydrogens (tertiary/aromatic N) is 3. The summed E-state index contributed by atoms with van der Waals surface area (Å²) in [5, 5.41) is 15.3. The molecule has 2 rings (SSSR count). The van der Waals surface area contributed by atoms with Crippen LogP contribution in [0.5, 0.6) is 0 Å². The predicted molar refractivity (Wildman–Crippen MR) is 81.9 cm³/mol. The van der Waals surface area contributed by atoms with Crippen LogP contribution in [0.4, 0.5) is 0 Å². The number of halogens is 1. The van der Waals surface area contributed by atoms with Crippen LogP contribution in [0.15, 0.2) is 6.20 Å². The molecule has 0 bridgehead atoms. The van der Waals surface area contributed by atoms with Crippen molar-refractivity contribution in [3.63, 3.8) is 0 Å². The molecule has 1 fully saturated rings. The standard InChI is InChI=1S/C15H26ClN3O/c1-18(2)9-10-19-15(13(16)11-17-19)14(20)8-7-12-5-3-4-6-12/h11-12,14,20H,3-10H2,1-2H3. The average molecular weight is 300 g/mol. The van der Waals surface area contributed by atoms with Crippen molar-refractivity contribution in [1.29, 1.82) is 0 Å². The van der Waals surface area contributed by atoms with Crippen LogP contribution in [0.1, 0.15) is 50.3 Å². The summed E-state index contributed by atoms with van der Waals surface area (Å²) in [5.41, 5.74) is 0.784. The van der Waals surface area contributed by atoms with Crippen molar-refractivity contribution in [3.8, 4) is 0 Å². The van der Waals surface area contributed by atoms with Gasteiger partial charge in [-0.15, -0.1) is 0 Å². The topological polar surface area (TPSA) is 41.3 Å². The Morgan fingerprint density at radius 1 is 1.45 bits per heavy atom. The van der Waals surface area contributed by atoms with Crippen LogP contribution in [0.25, 0.3) is 0 Å². The molecule has 1 aliphatic rings. The van der Waals surface area contributed by atoms with Gasteiger partial charge in [-0.05, 0) is 32.9 Å². The van der Waals surface area contributed by atoms with Crippen LogP contribution in [0.3, 0.4) is 0 Å². The Morgan fingerprint density at radius 2 is 2.15 bits per heavy atom. The zero-order chi connectivity index (χ0) is 14.5. The van der Waals surface area contributed by atoms with Crippen LogP contribution in [0.2, 0.25) is 5.02 Å². The van der Waals surface area contributed by atoms with Gasteiger partial charge in [-0.3, -0.25) is 4.68 Å². The number of hydrogen-bond donors (Lipinski definition) is 1. The Morgan fingerprint density at radius 3 is 2.80 bits per heavy atom. The summed E-state index contributed by atoms with van der Waals surface area (Å²) in [6.07, 6.45) is 8.37. The first-order valence-electron chi connectivity index (χ1n) is 7.62. The van der Waals surface area contributed by atoms with Gasteiger partial charge in [-0.1, -0.05) is 37.3 Å². The van der Waals surface area contributed by atoms with Crippen molar-refractivity contribution in [2.45, 2.75) is 51.2 Å².